The Hall–Kier alpha value is -1.89. The Balaban J connectivity index is 1.27. The fourth-order valence-corrected chi connectivity index (χ4v) is 6.10. The number of carbonyl (C=O) groups is 1. The first-order valence-electron chi connectivity index (χ1n) is 10.0. The van der Waals surface area contributed by atoms with Crippen molar-refractivity contribution >= 4 is 27.5 Å². The Bertz CT molecular complexity index is 971. The maximum Gasteiger partial charge on any atom is 0.243 e. The Kier molecular flexibility index (Phi) is 5.69. The van der Waals surface area contributed by atoms with Gasteiger partial charge in [0.1, 0.15) is 0 Å². The molecule has 0 N–H and O–H groups in total. The van der Waals surface area contributed by atoms with Gasteiger partial charge in [0.25, 0.3) is 0 Å². The zero-order chi connectivity index (χ0) is 20.5. The van der Waals surface area contributed by atoms with Crippen molar-refractivity contribution in [2.24, 2.45) is 0 Å². The predicted molar refractivity (Wildman–Crippen MR) is 113 cm³/mol. The van der Waals surface area contributed by atoms with Gasteiger partial charge in [-0.2, -0.15) is 4.31 Å². The fraction of sp³-hybridized carbons (Fsp3) is 0.409. The summed E-state index contributed by atoms with van der Waals surface area (Å²) in [5.41, 5.74) is 0.874. The van der Waals surface area contributed by atoms with E-state index in [4.69, 9.17) is 11.6 Å². The first-order chi connectivity index (χ1) is 13.9. The second-order valence-corrected chi connectivity index (χ2v) is 10.2. The summed E-state index contributed by atoms with van der Waals surface area (Å²) < 4.78 is 27.4. The first-order valence-corrected chi connectivity index (χ1v) is 11.8. The largest absolute Gasteiger partial charge is 0.339 e. The van der Waals surface area contributed by atoms with Crippen LogP contribution in [0.15, 0.2) is 59.5 Å². The minimum atomic E-state index is -3.55. The smallest absolute Gasteiger partial charge is 0.243 e. The van der Waals surface area contributed by atoms with Crippen molar-refractivity contribution in [2.45, 2.75) is 42.5 Å². The molecule has 2 aromatic rings. The van der Waals surface area contributed by atoms with Crippen LogP contribution in [0.2, 0.25) is 5.02 Å². The van der Waals surface area contributed by atoms with Crippen LogP contribution in [0.4, 0.5) is 0 Å². The number of hydrogen-bond donors (Lipinski definition) is 0. The molecule has 2 aliphatic heterocycles. The molecule has 29 heavy (non-hydrogen) atoms. The second-order valence-electron chi connectivity index (χ2n) is 7.95. The Morgan fingerprint density at radius 2 is 1.69 bits per heavy atom. The SMILES string of the molecule is O=C(CCCCc1ccccc1)N1CC2(CCN2S(=O)(=O)c2ccc(Cl)cc2)C1. The molecule has 5 nitrogen and oxygen atoms in total. The van der Waals surface area contributed by atoms with Crippen molar-refractivity contribution in [3.05, 3.63) is 65.2 Å². The monoisotopic (exact) mass is 432 g/mol. The second kappa shape index (κ2) is 8.09. The van der Waals surface area contributed by atoms with Crippen LogP contribution in [0.1, 0.15) is 31.2 Å². The van der Waals surface area contributed by atoms with Crippen LogP contribution in [-0.2, 0) is 21.2 Å². The number of benzene rings is 2. The van der Waals surface area contributed by atoms with Gasteiger partial charge in [-0.3, -0.25) is 4.79 Å². The third-order valence-electron chi connectivity index (χ3n) is 5.98. The third kappa shape index (κ3) is 4.06. The van der Waals surface area contributed by atoms with Crippen LogP contribution in [0, 0.1) is 0 Å². The molecule has 2 saturated heterocycles. The average molecular weight is 433 g/mol. The quantitative estimate of drug-likeness (QED) is 0.626. The summed E-state index contributed by atoms with van der Waals surface area (Å²) in [5.74, 6) is 0.124. The molecule has 154 valence electrons. The van der Waals surface area contributed by atoms with Crippen molar-refractivity contribution in [3.63, 3.8) is 0 Å². The van der Waals surface area contributed by atoms with E-state index in [0.29, 0.717) is 31.1 Å². The number of hydrogen-bond acceptors (Lipinski definition) is 3. The number of sulfonamides is 1. The number of rotatable bonds is 7. The van der Waals surface area contributed by atoms with Crippen molar-refractivity contribution in [2.75, 3.05) is 19.6 Å². The van der Waals surface area contributed by atoms with Gasteiger partial charge in [0, 0.05) is 31.1 Å². The van der Waals surface area contributed by atoms with Crippen LogP contribution in [0.5, 0.6) is 0 Å². The standard InChI is InChI=1S/C22H25ClN2O3S/c23-19-10-12-20(13-11-19)29(27,28)25-15-14-22(25)16-24(17-22)21(26)9-5-4-8-18-6-2-1-3-7-18/h1-3,6-7,10-13H,4-5,8-9,14-17H2. The Morgan fingerprint density at radius 1 is 1.00 bits per heavy atom. The van der Waals surface area contributed by atoms with Gasteiger partial charge in [-0.05, 0) is 55.5 Å². The number of halogens is 1. The van der Waals surface area contributed by atoms with E-state index in [1.54, 1.807) is 21.3 Å². The molecule has 0 radical (unpaired) electrons. The molecule has 0 atom stereocenters. The summed E-state index contributed by atoms with van der Waals surface area (Å²) >= 11 is 5.87. The van der Waals surface area contributed by atoms with E-state index in [1.807, 2.05) is 18.2 Å². The maximum absolute atomic E-state index is 12.9. The minimum absolute atomic E-state index is 0.124. The number of unbranched alkanes of at least 4 members (excludes halogenated alkanes) is 1. The Morgan fingerprint density at radius 3 is 2.31 bits per heavy atom. The highest BCUT2D eigenvalue weighted by Crippen LogP contribution is 2.43. The number of likely N-dealkylation sites (tertiary alicyclic amines) is 1. The van der Waals surface area contributed by atoms with Gasteiger partial charge >= 0.3 is 0 Å². The lowest BCUT2D eigenvalue weighted by Gasteiger charge is -2.61. The van der Waals surface area contributed by atoms with E-state index in [2.05, 4.69) is 12.1 Å². The van der Waals surface area contributed by atoms with Crippen molar-refractivity contribution < 1.29 is 13.2 Å². The minimum Gasteiger partial charge on any atom is -0.339 e. The molecule has 2 heterocycles. The van der Waals surface area contributed by atoms with Crippen LogP contribution < -0.4 is 0 Å². The van der Waals surface area contributed by atoms with Crippen molar-refractivity contribution in [1.29, 1.82) is 0 Å². The van der Waals surface area contributed by atoms with Gasteiger partial charge in [0.05, 0.1) is 10.4 Å². The molecular formula is C22H25ClN2O3S. The molecule has 0 aromatic heterocycles. The molecule has 2 aliphatic rings. The van der Waals surface area contributed by atoms with Gasteiger partial charge in [0.15, 0.2) is 0 Å². The lowest BCUT2D eigenvalue weighted by atomic mass is 9.80. The number of nitrogens with zero attached hydrogens (tertiary/aromatic N) is 2. The van der Waals surface area contributed by atoms with Crippen LogP contribution in [0.3, 0.4) is 0 Å². The number of amides is 1. The molecule has 2 fully saturated rings. The highest BCUT2D eigenvalue weighted by Gasteiger charge is 2.59. The van der Waals surface area contributed by atoms with Crippen LogP contribution >= 0.6 is 11.6 Å². The van der Waals surface area contributed by atoms with E-state index in [-0.39, 0.29) is 10.8 Å². The van der Waals surface area contributed by atoms with E-state index in [9.17, 15) is 13.2 Å². The van der Waals surface area contributed by atoms with E-state index < -0.39 is 15.6 Å². The number of aryl methyl sites for hydroxylation is 1. The molecule has 1 amide bonds. The summed E-state index contributed by atoms with van der Waals surface area (Å²) in [7, 11) is -3.55. The average Bonchev–Trinajstić information content (AvgIpc) is 2.64. The summed E-state index contributed by atoms with van der Waals surface area (Å²) in [4.78, 5) is 14.5. The molecule has 1 spiro atoms. The topological polar surface area (TPSA) is 57.7 Å². The van der Waals surface area contributed by atoms with Gasteiger partial charge < -0.3 is 4.90 Å². The molecule has 0 aliphatic carbocycles. The van der Waals surface area contributed by atoms with Crippen molar-refractivity contribution in [3.8, 4) is 0 Å². The molecule has 0 bridgehead atoms. The van der Waals surface area contributed by atoms with E-state index in [0.717, 1.165) is 25.7 Å². The van der Waals surface area contributed by atoms with Crippen molar-refractivity contribution in [1.82, 2.24) is 9.21 Å². The molecule has 2 aromatic carbocycles. The zero-order valence-corrected chi connectivity index (χ0v) is 17.8. The normalized spacial score (nSPS) is 18.3. The maximum atomic E-state index is 12.9. The molecule has 7 heteroatoms. The van der Waals surface area contributed by atoms with Gasteiger partial charge in [-0.15, -0.1) is 0 Å². The zero-order valence-electron chi connectivity index (χ0n) is 16.3. The van der Waals surface area contributed by atoms with Gasteiger partial charge in [-0.25, -0.2) is 8.42 Å². The molecule has 0 unspecified atom stereocenters. The highest BCUT2D eigenvalue weighted by molar-refractivity contribution is 7.89. The summed E-state index contributed by atoms with van der Waals surface area (Å²) in [5, 5.41) is 0.509. The van der Waals surface area contributed by atoms with Crippen LogP contribution in [0.25, 0.3) is 0 Å². The molecule has 0 saturated carbocycles. The first kappa shape index (κ1) is 20.4. The summed E-state index contributed by atoms with van der Waals surface area (Å²) in [6.45, 7) is 1.50. The lowest BCUT2D eigenvalue weighted by molar-refractivity contribution is -0.150. The van der Waals surface area contributed by atoms with E-state index >= 15 is 0 Å². The van der Waals surface area contributed by atoms with Crippen LogP contribution in [-0.4, -0.2) is 48.7 Å². The molecule has 4 rings (SSSR count). The summed E-state index contributed by atoms with van der Waals surface area (Å²) in [6.07, 6.45) is 4.13. The Labute approximate surface area is 177 Å². The lowest BCUT2D eigenvalue weighted by Crippen LogP contribution is -2.78. The van der Waals surface area contributed by atoms with Gasteiger partial charge in [0.2, 0.25) is 15.9 Å². The number of carbonyl (C=O) groups excluding carboxylic acids is 1. The fourth-order valence-electron chi connectivity index (χ4n) is 4.19. The van der Waals surface area contributed by atoms with Gasteiger partial charge in [-0.1, -0.05) is 41.9 Å². The third-order valence-corrected chi connectivity index (χ3v) is 8.25. The summed E-state index contributed by atoms with van der Waals surface area (Å²) in [6, 6.07) is 16.5. The molecular weight excluding hydrogens is 408 g/mol. The predicted octanol–water partition coefficient (Wildman–Crippen LogP) is 3.73. The highest BCUT2D eigenvalue weighted by atomic mass is 35.5. The van der Waals surface area contributed by atoms with E-state index in [1.165, 1.54) is 17.7 Å².